The molecule has 18 heavy (non-hydrogen) atoms. The highest BCUT2D eigenvalue weighted by molar-refractivity contribution is 7.15. The molecule has 0 spiro atoms. The number of benzene rings is 1. The van der Waals surface area contributed by atoms with E-state index in [1.807, 2.05) is 11.6 Å². The molecule has 0 saturated carbocycles. The first-order valence-corrected chi connectivity index (χ1v) is 6.81. The third-order valence-electron chi connectivity index (χ3n) is 3.19. The Labute approximate surface area is 110 Å². The van der Waals surface area contributed by atoms with Gasteiger partial charge >= 0.3 is 0 Å². The molecule has 4 heteroatoms. The van der Waals surface area contributed by atoms with E-state index in [2.05, 4.69) is 36.4 Å². The second-order valence-corrected chi connectivity index (χ2v) is 5.36. The van der Waals surface area contributed by atoms with Gasteiger partial charge in [0.05, 0.1) is 11.4 Å². The fraction of sp³-hybridized carbons (Fsp3) is 0.214. The largest absolute Gasteiger partial charge is 0.325 e. The van der Waals surface area contributed by atoms with Gasteiger partial charge in [0.25, 0.3) is 0 Å². The second-order valence-electron chi connectivity index (χ2n) is 4.49. The SMILES string of the molecule is Cc1ccc(-c2nc3sccn3c2CN)c(C)c1. The molecule has 0 atom stereocenters. The van der Waals surface area contributed by atoms with Crippen molar-refractivity contribution in [1.82, 2.24) is 9.38 Å². The summed E-state index contributed by atoms with van der Waals surface area (Å²) in [4.78, 5) is 5.71. The highest BCUT2D eigenvalue weighted by Gasteiger charge is 2.14. The molecule has 3 aromatic rings. The minimum absolute atomic E-state index is 0.501. The number of nitrogens with two attached hydrogens (primary N) is 1. The van der Waals surface area contributed by atoms with Crippen molar-refractivity contribution in [3.8, 4) is 11.3 Å². The Hall–Kier alpha value is -1.65. The Kier molecular flexibility index (Phi) is 2.69. The normalized spacial score (nSPS) is 11.3. The van der Waals surface area contributed by atoms with Gasteiger partial charge in [-0.05, 0) is 19.4 Å². The minimum Gasteiger partial charge on any atom is -0.325 e. The number of fused-ring (bicyclic) bond motifs is 1. The van der Waals surface area contributed by atoms with Crippen LogP contribution in [0.2, 0.25) is 0 Å². The van der Waals surface area contributed by atoms with E-state index in [4.69, 9.17) is 10.7 Å². The Morgan fingerprint density at radius 3 is 2.89 bits per heavy atom. The number of aryl methyl sites for hydroxylation is 2. The highest BCUT2D eigenvalue weighted by Crippen LogP contribution is 2.29. The standard InChI is InChI=1S/C14H15N3S/c1-9-3-4-11(10(2)7-9)13-12(8-15)17-5-6-18-14(17)16-13/h3-7H,8,15H2,1-2H3. The van der Waals surface area contributed by atoms with E-state index in [1.165, 1.54) is 16.7 Å². The molecule has 0 radical (unpaired) electrons. The molecule has 2 heterocycles. The number of hydrogen-bond acceptors (Lipinski definition) is 3. The maximum atomic E-state index is 5.88. The first-order valence-electron chi connectivity index (χ1n) is 5.93. The van der Waals surface area contributed by atoms with E-state index in [9.17, 15) is 0 Å². The molecular weight excluding hydrogens is 242 g/mol. The molecule has 2 aromatic heterocycles. The molecule has 0 aliphatic carbocycles. The van der Waals surface area contributed by atoms with E-state index in [0.717, 1.165) is 16.3 Å². The molecule has 3 nitrogen and oxygen atoms in total. The van der Waals surface area contributed by atoms with Crippen molar-refractivity contribution in [2.45, 2.75) is 20.4 Å². The van der Waals surface area contributed by atoms with E-state index in [1.54, 1.807) is 11.3 Å². The number of thiazole rings is 1. The van der Waals surface area contributed by atoms with Gasteiger partial charge in [0.2, 0.25) is 0 Å². The van der Waals surface area contributed by atoms with Crippen LogP contribution < -0.4 is 5.73 Å². The van der Waals surface area contributed by atoms with Crippen molar-refractivity contribution in [1.29, 1.82) is 0 Å². The van der Waals surface area contributed by atoms with E-state index >= 15 is 0 Å². The van der Waals surface area contributed by atoms with Gasteiger partial charge in [0.1, 0.15) is 0 Å². The molecule has 0 saturated heterocycles. The quantitative estimate of drug-likeness (QED) is 0.766. The van der Waals surface area contributed by atoms with E-state index in [-0.39, 0.29) is 0 Å². The van der Waals surface area contributed by atoms with Crippen LogP contribution in [0.5, 0.6) is 0 Å². The van der Waals surface area contributed by atoms with Gasteiger partial charge in [-0.3, -0.25) is 4.40 Å². The lowest BCUT2D eigenvalue weighted by atomic mass is 10.0. The van der Waals surface area contributed by atoms with Crippen molar-refractivity contribution in [2.24, 2.45) is 5.73 Å². The van der Waals surface area contributed by atoms with Gasteiger partial charge in [-0.1, -0.05) is 23.8 Å². The molecule has 0 fully saturated rings. The number of rotatable bonds is 2. The van der Waals surface area contributed by atoms with Crippen LogP contribution in [0.15, 0.2) is 29.8 Å². The molecule has 0 aliphatic heterocycles. The molecule has 0 bridgehead atoms. The van der Waals surface area contributed by atoms with Crippen LogP contribution in [-0.4, -0.2) is 9.38 Å². The monoisotopic (exact) mass is 257 g/mol. The van der Waals surface area contributed by atoms with Crippen LogP contribution >= 0.6 is 11.3 Å². The molecule has 3 rings (SSSR count). The Bertz CT molecular complexity index is 709. The van der Waals surface area contributed by atoms with E-state index in [0.29, 0.717) is 6.54 Å². The highest BCUT2D eigenvalue weighted by atomic mass is 32.1. The predicted octanol–water partition coefficient (Wildman–Crippen LogP) is 3.14. The van der Waals surface area contributed by atoms with Crippen LogP contribution in [0.1, 0.15) is 16.8 Å². The average molecular weight is 257 g/mol. The molecule has 1 aromatic carbocycles. The summed E-state index contributed by atoms with van der Waals surface area (Å²) in [6.45, 7) is 4.73. The molecular formula is C14H15N3S. The van der Waals surface area contributed by atoms with Crippen molar-refractivity contribution >= 4 is 16.3 Å². The summed E-state index contributed by atoms with van der Waals surface area (Å²) in [5, 5.41) is 2.03. The number of aromatic nitrogens is 2. The second kappa shape index (κ2) is 4.23. The van der Waals surface area contributed by atoms with Gasteiger partial charge in [-0.15, -0.1) is 11.3 Å². The minimum atomic E-state index is 0.501. The first-order chi connectivity index (χ1) is 8.70. The summed E-state index contributed by atoms with van der Waals surface area (Å²) in [6, 6.07) is 6.44. The van der Waals surface area contributed by atoms with Crippen LogP contribution in [0.3, 0.4) is 0 Å². The molecule has 2 N–H and O–H groups in total. The van der Waals surface area contributed by atoms with Gasteiger partial charge in [-0.25, -0.2) is 4.98 Å². The van der Waals surface area contributed by atoms with Crippen molar-refractivity contribution in [3.05, 3.63) is 46.6 Å². The summed E-state index contributed by atoms with van der Waals surface area (Å²) in [6.07, 6.45) is 2.03. The summed E-state index contributed by atoms with van der Waals surface area (Å²) in [5.41, 5.74) is 11.7. The van der Waals surface area contributed by atoms with Crippen LogP contribution in [-0.2, 0) is 6.54 Å². The smallest absolute Gasteiger partial charge is 0.194 e. The van der Waals surface area contributed by atoms with Crippen LogP contribution in [0, 0.1) is 13.8 Å². The first kappa shape index (κ1) is 11.4. The topological polar surface area (TPSA) is 43.3 Å². The average Bonchev–Trinajstić information content (AvgIpc) is 2.88. The van der Waals surface area contributed by atoms with Crippen LogP contribution in [0.4, 0.5) is 0 Å². The third-order valence-corrected chi connectivity index (χ3v) is 3.95. The van der Waals surface area contributed by atoms with Gasteiger partial charge < -0.3 is 5.73 Å². The lowest BCUT2D eigenvalue weighted by Gasteiger charge is -2.06. The van der Waals surface area contributed by atoms with Gasteiger partial charge in [0.15, 0.2) is 4.96 Å². The third kappa shape index (κ3) is 1.65. The summed E-state index contributed by atoms with van der Waals surface area (Å²) < 4.78 is 2.08. The predicted molar refractivity (Wildman–Crippen MR) is 75.9 cm³/mol. The lowest BCUT2D eigenvalue weighted by molar-refractivity contribution is 0.969. The Morgan fingerprint density at radius 1 is 1.33 bits per heavy atom. The van der Waals surface area contributed by atoms with Gasteiger partial charge in [-0.2, -0.15) is 0 Å². The van der Waals surface area contributed by atoms with Crippen molar-refractivity contribution < 1.29 is 0 Å². The molecule has 0 unspecified atom stereocenters. The zero-order valence-electron chi connectivity index (χ0n) is 10.5. The fourth-order valence-corrected chi connectivity index (χ4v) is 3.06. The molecule has 0 amide bonds. The zero-order valence-corrected chi connectivity index (χ0v) is 11.3. The lowest BCUT2D eigenvalue weighted by Crippen LogP contribution is -2.02. The molecule has 0 aliphatic rings. The van der Waals surface area contributed by atoms with Crippen molar-refractivity contribution in [2.75, 3.05) is 0 Å². The summed E-state index contributed by atoms with van der Waals surface area (Å²) >= 11 is 1.64. The van der Waals surface area contributed by atoms with Crippen molar-refractivity contribution in [3.63, 3.8) is 0 Å². The summed E-state index contributed by atoms with van der Waals surface area (Å²) in [7, 11) is 0. The number of hydrogen-bond donors (Lipinski definition) is 1. The summed E-state index contributed by atoms with van der Waals surface area (Å²) in [5.74, 6) is 0. The Balaban J connectivity index is 2.27. The number of nitrogens with zero attached hydrogens (tertiary/aromatic N) is 2. The maximum Gasteiger partial charge on any atom is 0.194 e. The number of imidazole rings is 1. The van der Waals surface area contributed by atoms with E-state index < -0.39 is 0 Å². The fourth-order valence-electron chi connectivity index (χ4n) is 2.32. The van der Waals surface area contributed by atoms with Gasteiger partial charge in [0, 0.05) is 23.7 Å². The molecule has 92 valence electrons. The van der Waals surface area contributed by atoms with Crippen LogP contribution in [0.25, 0.3) is 16.2 Å². The Morgan fingerprint density at radius 2 is 2.17 bits per heavy atom. The maximum absolute atomic E-state index is 5.88. The zero-order chi connectivity index (χ0) is 12.7.